The minimum absolute atomic E-state index is 0.145. The lowest BCUT2D eigenvalue weighted by atomic mass is 9.96. The minimum atomic E-state index is 0.145. The summed E-state index contributed by atoms with van der Waals surface area (Å²) in [4.78, 5) is 22.6. The van der Waals surface area contributed by atoms with Crippen molar-refractivity contribution >= 4 is 16.8 Å². The first-order valence-corrected chi connectivity index (χ1v) is 9.50. The standard InChI is InChI=1S/C21H26N4O/c1-15(2)20-22-9-12-25(20)14-16-7-10-24(11-8-16)21(26)18-13-23-19-6-4-3-5-17(18)19/h3-6,9,12-13,15-16,23H,7-8,10-11,14H2,1-2H3. The minimum Gasteiger partial charge on any atom is -0.360 e. The molecule has 0 unspecified atom stereocenters. The maximum Gasteiger partial charge on any atom is 0.256 e. The highest BCUT2D eigenvalue weighted by atomic mass is 16.2. The summed E-state index contributed by atoms with van der Waals surface area (Å²) < 4.78 is 2.28. The van der Waals surface area contributed by atoms with Crippen LogP contribution >= 0.6 is 0 Å². The first-order valence-electron chi connectivity index (χ1n) is 9.50. The molecule has 1 N–H and O–H groups in total. The van der Waals surface area contributed by atoms with Crippen LogP contribution in [0.15, 0.2) is 42.9 Å². The Labute approximate surface area is 154 Å². The molecule has 1 aliphatic heterocycles. The maximum atomic E-state index is 12.9. The highest BCUT2D eigenvalue weighted by Crippen LogP contribution is 2.25. The van der Waals surface area contributed by atoms with E-state index in [0.29, 0.717) is 11.8 Å². The number of para-hydroxylation sites is 1. The SMILES string of the molecule is CC(C)c1nccn1CC1CCN(C(=O)c2c[nH]c3ccccc23)CC1. The molecule has 1 fully saturated rings. The number of carbonyl (C=O) groups is 1. The second-order valence-electron chi connectivity index (χ2n) is 7.58. The van der Waals surface area contributed by atoms with E-state index in [1.54, 1.807) is 0 Å². The summed E-state index contributed by atoms with van der Waals surface area (Å²) in [6.07, 6.45) is 7.91. The second-order valence-corrected chi connectivity index (χ2v) is 7.58. The smallest absolute Gasteiger partial charge is 0.256 e. The van der Waals surface area contributed by atoms with E-state index < -0.39 is 0 Å². The van der Waals surface area contributed by atoms with Crippen LogP contribution in [0.2, 0.25) is 0 Å². The molecule has 0 aliphatic carbocycles. The number of hydrogen-bond acceptors (Lipinski definition) is 2. The van der Waals surface area contributed by atoms with Crippen LogP contribution in [-0.2, 0) is 6.54 Å². The fraction of sp³-hybridized carbons (Fsp3) is 0.429. The van der Waals surface area contributed by atoms with Gasteiger partial charge in [0.15, 0.2) is 0 Å². The van der Waals surface area contributed by atoms with Gasteiger partial charge in [0, 0.05) is 55.0 Å². The quantitative estimate of drug-likeness (QED) is 0.772. The number of aromatic nitrogens is 3. The molecule has 3 aromatic rings. The van der Waals surface area contributed by atoms with E-state index in [4.69, 9.17) is 0 Å². The molecule has 0 saturated carbocycles. The van der Waals surface area contributed by atoms with Gasteiger partial charge in [-0.1, -0.05) is 32.0 Å². The third-order valence-electron chi connectivity index (χ3n) is 5.44. The van der Waals surface area contributed by atoms with Gasteiger partial charge in [-0.25, -0.2) is 4.98 Å². The van der Waals surface area contributed by atoms with E-state index in [1.165, 1.54) is 0 Å². The number of imidazole rings is 1. The number of piperidine rings is 1. The summed E-state index contributed by atoms with van der Waals surface area (Å²) in [7, 11) is 0. The Morgan fingerprint density at radius 3 is 2.81 bits per heavy atom. The Balaban J connectivity index is 1.40. The van der Waals surface area contributed by atoms with Crippen molar-refractivity contribution in [3.05, 3.63) is 54.2 Å². The lowest BCUT2D eigenvalue weighted by Gasteiger charge is -2.32. The zero-order valence-electron chi connectivity index (χ0n) is 15.5. The number of hydrogen-bond donors (Lipinski definition) is 1. The number of benzene rings is 1. The predicted molar refractivity (Wildman–Crippen MR) is 103 cm³/mol. The van der Waals surface area contributed by atoms with E-state index in [1.807, 2.05) is 41.6 Å². The van der Waals surface area contributed by atoms with Crippen molar-refractivity contribution in [1.29, 1.82) is 0 Å². The molecule has 0 radical (unpaired) electrons. The van der Waals surface area contributed by atoms with Gasteiger partial charge in [-0.3, -0.25) is 4.79 Å². The Bertz CT molecular complexity index is 900. The fourth-order valence-corrected chi connectivity index (χ4v) is 3.99. The Hall–Kier alpha value is -2.56. The largest absolute Gasteiger partial charge is 0.360 e. The van der Waals surface area contributed by atoms with Gasteiger partial charge in [0.2, 0.25) is 0 Å². The van der Waals surface area contributed by atoms with E-state index >= 15 is 0 Å². The fourth-order valence-electron chi connectivity index (χ4n) is 3.99. The average Bonchev–Trinajstić information content (AvgIpc) is 3.28. The number of rotatable bonds is 4. The van der Waals surface area contributed by atoms with E-state index in [9.17, 15) is 4.79 Å². The maximum absolute atomic E-state index is 12.9. The zero-order valence-corrected chi connectivity index (χ0v) is 15.5. The number of nitrogens with one attached hydrogen (secondary N) is 1. The number of carbonyl (C=O) groups excluding carboxylic acids is 1. The molecule has 26 heavy (non-hydrogen) atoms. The van der Waals surface area contributed by atoms with Crippen molar-refractivity contribution in [1.82, 2.24) is 19.4 Å². The molecule has 1 saturated heterocycles. The van der Waals surface area contributed by atoms with Gasteiger partial charge in [0.25, 0.3) is 5.91 Å². The molecular formula is C21H26N4O. The predicted octanol–water partition coefficient (Wildman–Crippen LogP) is 4.04. The third-order valence-corrected chi connectivity index (χ3v) is 5.44. The molecule has 3 heterocycles. The molecule has 2 aromatic heterocycles. The summed E-state index contributed by atoms with van der Waals surface area (Å²) in [6, 6.07) is 7.99. The molecular weight excluding hydrogens is 324 g/mol. The van der Waals surface area contributed by atoms with Crippen molar-refractivity contribution in [2.75, 3.05) is 13.1 Å². The summed E-state index contributed by atoms with van der Waals surface area (Å²) in [5.41, 5.74) is 1.81. The molecule has 1 aliphatic rings. The Morgan fingerprint density at radius 2 is 2.04 bits per heavy atom. The highest BCUT2D eigenvalue weighted by Gasteiger charge is 2.25. The summed E-state index contributed by atoms with van der Waals surface area (Å²) in [6.45, 7) is 7.02. The normalized spacial score (nSPS) is 15.9. The van der Waals surface area contributed by atoms with Gasteiger partial charge in [0.05, 0.1) is 5.56 Å². The molecule has 0 atom stereocenters. The first kappa shape index (κ1) is 16.9. The molecule has 5 heteroatoms. The van der Waals surface area contributed by atoms with Crippen LogP contribution < -0.4 is 0 Å². The van der Waals surface area contributed by atoms with Crippen molar-refractivity contribution in [2.45, 2.75) is 39.2 Å². The summed E-state index contributed by atoms with van der Waals surface area (Å²) >= 11 is 0. The first-order chi connectivity index (χ1) is 12.6. The molecule has 0 spiro atoms. The van der Waals surface area contributed by atoms with Crippen LogP contribution in [0.4, 0.5) is 0 Å². The monoisotopic (exact) mass is 350 g/mol. The van der Waals surface area contributed by atoms with Crippen molar-refractivity contribution < 1.29 is 4.79 Å². The van der Waals surface area contributed by atoms with Crippen LogP contribution in [0.5, 0.6) is 0 Å². The van der Waals surface area contributed by atoms with Crippen LogP contribution in [0.1, 0.15) is 48.8 Å². The lowest BCUT2D eigenvalue weighted by molar-refractivity contribution is 0.0684. The van der Waals surface area contributed by atoms with Gasteiger partial charge in [-0.2, -0.15) is 0 Å². The molecule has 4 rings (SSSR count). The summed E-state index contributed by atoms with van der Waals surface area (Å²) in [5, 5.41) is 1.01. The second kappa shape index (κ2) is 6.98. The van der Waals surface area contributed by atoms with Gasteiger partial charge in [0.1, 0.15) is 5.82 Å². The Morgan fingerprint density at radius 1 is 1.27 bits per heavy atom. The molecule has 136 valence electrons. The van der Waals surface area contributed by atoms with E-state index in [2.05, 4.69) is 34.6 Å². The third kappa shape index (κ3) is 3.14. The topological polar surface area (TPSA) is 53.9 Å². The van der Waals surface area contributed by atoms with Crippen molar-refractivity contribution in [2.24, 2.45) is 5.92 Å². The number of amides is 1. The average molecular weight is 350 g/mol. The zero-order chi connectivity index (χ0) is 18.1. The van der Waals surface area contributed by atoms with Crippen molar-refractivity contribution in [3.63, 3.8) is 0 Å². The van der Waals surface area contributed by atoms with Gasteiger partial charge < -0.3 is 14.5 Å². The highest BCUT2D eigenvalue weighted by molar-refractivity contribution is 6.06. The molecule has 1 aromatic carbocycles. The molecule has 0 bridgehead atoms. The van der Waals surface area contributed by atoms with Gasteiger partial charge in [-0.05, 0) is 24.8 Å². The number of H-pyrrole nitrogens is 1. The van der Waals surface area contributed by atoms with E-state index in [0.717, 1.165) is 54.8 Å². The number of aromatic amines is 1. The number of likely N-dealkylation sites (tertiary alicyclic amines) is 1. The van der Waals surface area contributed by atoms with Crippen molar-refractivity contribution in [3.8, 4) is 0 Å². The van der Waals surface area contributed by atoms with Gasteiger partial charge >= 0.3 is 0 Å². The number of fused-ring (bicyclic) bond motifs is 1. The van der Waals surface area contributed by atoms with E-state index in [-0.39, 0.29) is 5.91 Å². The molecule has 5 nitrogen and oxygen atoms in total. The van der Waals surface area contributed by atoms with Gasteiger partial charge in [-0.15, -0.1) is 0 Å². The van der Waals surface area contributed by atoms with Crippen LogP contribution in [-0.4, -0.2) is 38.4 Å². The lowest BCUT2D eigenvalue weighted by Crippen LogP contribution is -2.39. The molecule has 1 amide bonds. The summed E-state index contributed by atoms with van der Waals surface area (Å²) in [5.74, 6) is 2.34. The van der Waals surface area contributed by atoms with Crippen LogP contribution in [0.25, 0.3) is 10.9 Å². The van der Waals surface area contributed by atoms with Crippen LogP contribution in [0, 0.1) is 5.92 Å². The van der Waals surface area contributed by atoms with Crippen LogP contribution in [0.3, 0.4) is 0 Å². The Kier molecular flexibility index (Phi) is 4.53. The number of nitrogens with zero attached hydrogens (tertiary/aromatic N) is 3.